The van der Waals surface area contributed by atoms with E-state index < -0.39 is 0 Å². The molecule has 3 nitrogen and oxygen atoms in total. The molecule has 1 N–H and O–H groups in total. The molecule has 0 aliphatic rings. The molecule has 0 aromatic heterocycles. The summed E-state index contributed by atoms with van der Waals surface area (Å²) in [5.41, 5.74) is 1.63. The van der Waals surface area contributed by atoms with Gasteiger partial charge in [-0.2, -0.15) is 0 Å². The number of ether oxygens (including phenoxy) is 2. The molecule has 112 valence electrons. The SMILES string of the molecule is COc1cc(CO)c(Br)cc1OCc1ccc(Cl)c(Cl)c1. The first kappa shape index (κ1) is 16.4. The van der Waals surface area contributed by atoms with Crippen molar-refractivity contribution in [3.8, 4) is 11.5 Å². The van der Waals surface area contributed by atoms with Gasteiger partial charge in [0.05, 0.1) is 23.8 Å². The smallest absolute Gasteiger partial charge is 0.162 e. The number of methoxy groups -OCH3 is 1. The highest BCUT2D eigenvalue weighted by Gasteiger charge is 2.10. The summed E-state index contributed by atoms with van der Waals surface area (Å²) in [5, 5.41) is 10.2. The van der Waals surface area contributed by atoms with Crippen molar-refractivity contribution in [3.05, 3.63) is 56.0 Å². The van der Waals surface area contributed by atoms with Gasteiger partial charge in [0.2, 0.25) is 0 Å². The summed E-state index contributed by atoms with van der Waals surface area (Å²) >= 11 is 15.2. The van der Waals surface area contributed by atoms with Gasteiger partial charge in [-0.05, 0) is 35.4 Å². The standard InChI is InChI=1S/C15H13BrCl2O3/c1-20-14-5-10(7-19)11(16)6-15(14)21-8-9-2-3-12(17)13(18)4-9/h2-6,19H,7-8H2,1H3. The molecule has 0 aliphatic carbocycles. The molecule has 21 heavy (non-hydrogen) atoms. The van der Waals surface area contributed by atoms with Gasteiger partial charge >= 0.3 is 0 Å². The number of aliphatic hydroxyl groups excluding tert-OH is 1. The average Bonchev–Trinajstić information content (AvgIpc) is 2.48. The van der Waals surface area contributed by atoms with E-state index in [2.05, 4.69) is 15.9 Å². The maximum Gasteiger partial charge on any atom is 0.162 e. The second kappa shape index (κ2) is 7.36. The normalized spacial score (nSPS) is 10.5. The molecule has 0 atom stereocenters. The van der Waals surface area contributed by atoms with Crippen molar-refractivity contribution < 1.29 is 14.6 Å². The van der Waals surface area contributed by atoms with Crippen LogP contribution in [0.3, 0.4) is 0 Å². The third kappa shape index (κ3) is 4.04. The van der Waals surface area contributed by atoms with Gasteiger partial charge in [0.15, 0.2) is 11.5 Å². The van der Waals surface area contributed by atoms with Crippen LogP contribution in [0.1, 0.15) is 11.1 Å². The first-order chi connectivity index (χ1) is 10.0. The summed E-state index contributed by atoms with van der Waals surface area (Å²) in [6.45, 7) is 0.252. The van der Waals surface area contributed by atoms with E-state index in [0.29, 0.717) is 28.2 Å². The molecule has 0 fully saturated rings. The lowest BCUT2D eigenvalue weighted by Crippen LogP contribution is -1.99. The minimum Gasteiger partial charge on any atom is -0.493 e. The van der Waals surface area contributed by atoms with Crippen LogP contribution in [0.5, 0.6) is 11.5 Å². The molecular formula is C15H13BrCl2O3. The van der Waals surface area contributed by atoms with Gasteiger partial charge in [0, 0.05) is 4.47 Å². The van der Waals surface area contributed by atoms with Crippen LogP contribution in [0.15, 0.2) is 34.8 Å². The van der Waals surface area contributed by atoms with Gasteiger partial charge in [-0.3, -0.25) is 0 Å². The average molecular weight is 392 g/mol. The largest absolute Gasteiger partial charge is 0.493 e. The fourth-order valence-corrected chi connectivity index (χ4v) is 2.53. The monoisotopic (exact) mass is 390 g/mol. The zero-order valence-corrected chi connectivity index (χ0v) is 14.3. The van der Waals surface area contributed by atoms with Crippen LogP contribution >= 0.6 is 39.1 Å². The van der Waals surface area contributed by atoms with Crippen molar-refractivity contribution in [1.29, 1.82) is 0 Å². The van der Waals surface area contributed by atoms with Crippen LogP contribution in [0.25, 0.3) is 0 Å². The molecule has 0 unspecified atom stereocenters. The highest BCUT2D eigenvalue weighted by Crippen LogP contribution is 2.34. The minimum absolute atomic E-state index is 0.0793. The van der Waals surface area contributed by atoms with E-state index in [1.54, 1.807) is 31.4 Å². The summed E-state index contributed by atoms with van der Waals surface area (Å²) in [5.74, 6) is 1.13. The Kier molecular flexibility index (Phi) is 5.76. The molecule has 6 heteroatoms. The quantitative estimate of drug-likeness (QED) is 0.792. The predicted octanol–water partition coefficient (Wildman–Crippen LogP) is 4.84. The van der Waals surface area contributed by atoms with Crippen molar-refractivity contribution in [2.45, 2.75) is 13.2 Å². The van der Waals surface area contributed by atoms with Crippen molar-refractivity contribution >= 4 is 39.1 Å². The Hall–Kier alpha value is -0.940. The number of rotatable bonds is 5. The fraction of sp³-hybridized carbons (Fsp3) is 0.200. The van der Waals surface area contributed by atoms with E-state index in [9.17, 15) is 5.11 Å². The lowest BCUT2D eigenvalue weighted by Gasteiger charge is -2.13. The van der Waals surface area contributed by atoms with E-state index in [-0.39, 0.29) is 6.61 Å². The summed E-state index contributed by atoms with van der Waals surface area (Å²) in [6.07, 6.45) is 0. The van der Waals surface area contributed by atoms with Crippen LogP contribution in [0, 0.1) is 0 Å². The Morgan fingerprint density at radius 2 is 1.86 bits per heavy atom. The molecule has 0 spiro atoms. The molecule has 0 saturated heterocycles. The second-order valence-electron chi connectivity index (χ2n) is 4.29. The van der Waals surface area contributed by atoms with Gasteiger partial charge in [-0.1, -0.05) is 45.2 Å². The zero-order valence-electron chi connectivity index (χ0n) is 11.2. The van der Waals surface area contributed by atoms with Crippen molar-refractivity contribution in [3.63, 3.8) is 0 Å². The molecule has 0 amide bonds. The molecule has 0 saturated carbocycles. The van der Waals surface area contributed by atoms with E-state index in [0.717, 1.165) is 15.6 Å². The molecular weight excluding hydrogens is 379 g/mol. The second-order valence-corrected chi connectivity index (χ2v) is 5.96. The van der Waals surface area contributed by atoms with Gasteiger partial charge in [-0.15, -0.1) is 0 Å². The molecule has 0 radical (unpaired) electrons. The number of aliphatic hydroxyl groups is 1. The van der Waals surface area contributed by atoms with E-state index in [1.165, 1.54) is 0 Å². The Morgan fingerprint density at radius 3 is 2.48 bits per heavy atom. The highest BCUT2D eigenvalue weighted by molar-refractivity contribution is 9.10. The molecule has 0 heterocycles. The van der Waals surface area contributed by atoms with Crippen LogP contribution in [0.4, 0.5) is 0 Å². The Morgan fingerprint density at radius 1 is 1.10 bits per heavy atom. The predicted molar refractivity (Wildman–Crippen MR) is 87.4 cm³/mol. The maximum absolute atomic E-state index is 9.24. The van der Waals surface area contributed by atoms with E-state index in [4.69, 9.17) is 32.7 Å². The number of benzene rings is 2. The molecule has 0 bridgehead atoms. The van der Waals surface area contributed by atoms with Crippen LogP contribution in [-0.4, -0.2) is 12.2 Å². The molecule has 2 rings (SSSR count). The summed E-state index contributed by atoms with van der Waals surface area (Å²) in [7, 11) is 1.55. The lowest BCUT2D eigenvalue weighted by atomic mass is 10.2. The van der Waals surface area contributed by atoms with Crippen LogP contribution in [-0.2, 0) is 13.2 Å². The maximum atomic E-state index is 9.24. The van der Waals surface area contributed by atoms with Crippen molar-refractivity contribution in [1.82, 2.24) is 0 Å². The zero-order chi connectivity index (χ0) is 15.4. The number of halogens is 3. The lowest BCUT2D eigenvalue weighted by molar-refractivity contribution is 0.273. The topological polar surface area (TPSA) is 38.7 Å². The first-order valence-corrected chi connectivity index (χ1v) is 7.64. The highest BCUT2D eigenvalue weighted by atomic mass is 79.9. The van der Waals surface area contributed by atoms with E-state index in [1.807, 2.05) is 6.07 Å². The summed E-state index contributed by atoms with van der Waals surface area (Å²) in [4.78, 5) is 0. The van der Waals surface area contributed by atoms with Gasteiger partial charge < -0.3 is 14.6 Å². The molecule has 0 aliphatic heterocycles. The Bertz CT molecular complexity index is 647. The number of hydrogen-bond acceptors (Lipinski definition) is 3. The fourth-order valence-electron chi connectivity index (χ4n) is 1.76. The van der Waals surface area contributed by atoms with E-state index >= 15 is 0 Å². The van der Waals surface area contributed by atoms with Gasteiger partial charge in [0.1, 0.15) is 6.61 Å². The number of hydrogen-bond donors (Lipinski definition) is 1. The minimum atomic E-state index is -0.0793. The van der Waals surface area contributed by atoms with Gasteiger partial charge in [0.25, 0.3) is 0 Å². The Labute approximate surface area is 141 Å². The summed E-state index contributed by atoms with van der Waals surface area (Å²) in [6, 6.07) is 8.83. The molecule has 2 aromatic rings. The Balaban J connectivity index is 2.19. The van der Waals surface area contributed by atoms with Crippen LogP contribution in [0.2, 0.25) is 10.0 Å². The van der Waals surface area contributed by atoms with Crippen LogP contribution < -0.4 is 9.47 Å². The first-order valence-electron chi connectivity index (χ1n) is 6.09. The third-order valence-corrected chi connectivity index (χ3v) is 4.36. The molecule has 2 aromatic carbocycles. The van der Waals surface area contributed by atoms with Crippen molar-refractivity contribution in [2.24, 2.45) is 0 Å². The third-order valence-electron chi connectivity index (χ3n) is 2.88. The van der Waals surface area contributed by atoms with Crippen molar-refractivity contribution in [2.75, 3.05) is 7.11 Å². The van der Waals surface area contributed by atoms with Gasteiger partial charge in [-0.25, -0.2) is 0 Å². The summed E-state index contributed by atoms with van der Waals surface area (Å²) < 4.78 is 11.8.